The summed E-state index contributed by atoms with van der Waals surface area (Å²) in [4.78, 5) is 12.5. The molecule has 7 nitrogen and oxygen atoms in total. The average Bonchev–Trinajstić information content (AvgIpc) is 3.12. The maximum Gasteiger partial charge on any atom is 0.338 e. The summed E-state index contributed by atoms with van der Waals surface area (Å²) < 4.78 is 33.5. The van der Waals surface area contributed by atoms with Crippen molar-refractivity contribution in [1.29, 1.82) is 0 Å². The third kappa shape index (κ3) is 3.36. The van der Waals surface area contributed by atoms with Gasteiger partial charge in [0.2, 0.25) is 0 Å². The van der Waals surface area contributed by atoms with E-state index < -0.39 is 16.0 Å². The Morgan fingerprint density at radius 1 is 1.46 bits per heavy atom. The molecule has 0 unspecified atom stereocenters. The number of nitrogens with one attached hydrogen (secondary N) is 2. The van der Waals surface area contributed by atoms with Crippen LogP contribution in [-0.2, 0) is 27.7 Å². The molecule has 24 heavy (non-hydrogen) atoms. The molecule has 0 radical (unpaired) electrons. The molecular formula is C15H22N2O5S2. The molecule has 0 aromatic carbocycles. The summed E-state index contributed by atoms with van der Waals surface area (Å²) in [5, 5.41) is 12.7. The van der Waals surface area contributed by atoms with Gasteiger partial charge in [-0.25, -0.2) is 17.9 Å². The van der Waals surface area contributed by atoms with E-state index in [0.717, 1.165) is 35.5 Å². The number of carbonyl (C=O) groups is 1. The van der Waals surface area contributed by atoms with Crippen molar-refractivity contribution >= 4 is 27.3 Å². The normalized spacial score (nSPS) is 24.0. The summed E-state index contributed by atoms with van der Waals surface area (Å²) in [6.07, 6.45) is 3.15. The van der Waals surface area contributed by atoms with E-state index in [1.165, 1.54) is 0 Å². The second-order valence-corrected chi connectivity index (χ2v) is 9.29. The first-order valence-corrected chi connectivity index (χ1v) is 10.3. The molecule has 134 valence electrons. The van der Waals surface area contributed by atoms with Gasteiger partial charge in [-0.3, -0.25) is 0 Å². The van der Waals surface area contributed by atoms with Crippen molar-refractivity contribution in [3.05, 3.63) is 16.0 Å². The maximum atomic E-state index is 12.9. The zero-order valence-electron chi connectivity index (χ0n) is 13.5. The Kier molecular flexibility index (Phi) is 5.26. The van der Waals surface area contributed by atoms with Gasteiger partial charge in [-0.1, -0.05) is 6.42 Å². The van der Waals surface area contributed by atoms with Crippen molar-refractivity contribution in [3.8, 4) is 0 Å². The number of thiophene rings is 1. The van der Waals surface area contributed by atoms with Crippen LogP contribution >= 0.6 is 11.3 Å². The maximum absolute atomic E-state index is 12.9. The van der Waals surface area contributed by atoms with Gasteiger partial charge in [0.05, 0.1) is 12.2 Å². The monoisotopic (exact) mass is 374 g/mol. The molecule has 1 aliphatic heterocycles. The minimum absolute atomic E-state index is 0.0507. The van der Waals surface area contributed by atoms with Crippen LogP contribution in [0.3, 0.4) is 0 Å². The van der Waals surface area contributed by atoms with Gasteiger partial charge in [0.25, 0.3) is 10.0 Å². The van der Waals surface area contributed by atoms with Gasteiger partial charge in [0.15, 0.2) is 0 Å². The number of rotatable bonds is 6. The number of aromatic carboxylic acids is 1. The van der Waals surface area contributed by atoms with Crippen LogP contribution in [0.1, 0.15) is 40.1 Å². The Bertz CT molecular complexity index is 728. The van der Waals surface area contributed by atoms with Gasteiger partial charge in [-0.05, 0) is 37.3 Å². The van der Waals surface area contributed by atoms with Crippen LogP contribution in [0.25, 0.3) is 0 Å². The summed E-state index contributed by atoms with van der Waals surface area (Å²) >= 11 is 1.07. The minimum Gasteiger partial charge on any atom is -0.478 e. The highest BCUT2D eigenvalue weighted by molar-refractivity contribution is 7.91. The van der Waals surface area contributed by atoms with Crippen LogP contribution in [0.4, 0.5) is 0 Å². The number of ether oxygens (including phenoxy) is 1. The molecule has 3 N–H and O–H groups in total. The summed E-state index contributed by atoms with van der Waals surface area (Å²) in [7, 11) is -2.26. The Morgan fingerprint density at radius 2 is 2.25 bits per heavy atom. The summed E-state index contributed by atoms with van der Waals surface area (Å²) in [5.41, 5.74) is 0.608. The third-order valence-corrected chi connectivity index (χ3v) is 7.94. The Morgan fingerprint density at radius 3 is 2.96 bits per heavy atom. The van der Waals surface area contributed by atoms with Crippen molar-refractivity contribution in [2.24, 2.45) is 5.92 Å². The molecule has 1 aromatic heterocycles. The molecule has 0 amide bonds. The smallest absolute Gasteiger partial charge is 0.338 e. The number of hydrogen-bond acceptors (Lipinski definition) is 6. The lowest BCUT2D eigenvalue weighted by Crippen LogP contribution is -2.39. The van der Waals surface area contributed by atoms with Gasteiger partial charge in [0, 0.05) is 24.6 Å². The molecule has 0 bridgehead atoms. The van der Waals surface area contributed by atoms with E-state index in [0.29, 0.717) is 31.7 Å². The van der Waals surface area contributed by atoms with Crippen LogP contribution < -0.4 is 10.0 Å². The lowest BCUT2D eigenvalue weighted by Gasteiger charge is -2.20. The summed E-state index contributed by atoms with van der Waals surface area (Å²) in [5.74, 6) is -1.04. The largest absolute Gasteiger partial charge is 0.478 e. The van der Waals surface area contributed by atoms with Crippen molar-refractivity contribution in [3.63, 3.8) is 0 Å². The predicted molar refractivity (Wildman–Crippen MR) is 90.0 cm³/mol. The molecule has 1 fully saturated rings. The third-order valence-electron chi connectivity index (χ3n) is 4.70. The SMILES string of the molecule is COC[C@H]1CCC[C@H]1NS(=O)(=O)c1sc2c(c1C(=O)O)CCNC2. The van der Waals surface area contributed by atoms with Gasteiger partial charge in [0.1, 0.15) is 4.21 Å². The summed E-state index contributed by atoms with van der Waals surface area (Å²) in [6.45, 7) is 1.69. The van der Waals surface area contributed by atoms with E-state index in [1.54, 1.807) is 7.11 Å². The molecule has 2 atom stereocenters. The zero-order chi connectivity index (χ0) is 17.3. The predicted octanol–water partition coefficient (Wildman–Crippen LogP) is 1.19. The highest BCUT2D eigenvalue weighted by atomic mass is 32.2. The number of carboxylic acids is 1. The number of carboxylic acid groups (broad SMARTS) is 1. The van der Waals surface area contributed by atoms with E-state index in [4.69, 9.17) is 4.74 Å². The van der Waals surface area contributed by atoms with Crippen LogP contribution in [-0.4, -0.2) is 45.8 Å². The molecule has 2 heterocycles. The second kappa shape index (κ2) is 7.09. The quantitative estimate of drug-likeness (QED) is 0.691. The van der Waals surface area contributed by atoms with Crippen LogP contribution in [0.2, 0.25) is 0 Å². The van der Waals surface area contributed by atoms with Gasteiger partial charge in [-0.15, -0.1) is 11.3 Å². The fourth-order valence-electron chi connectivity index (χ4n) is 3.57. The number of fused-ring (bicyclic) bond motifs is 1. The van der Waals surface area contributed by atoms with Crippen LogP contribution in [0, 0.1) is 5.92 Å². The van der Waals surface area contributed by atoms with Crippen molar-refractivity contribution in [1.82, 2.24) is 10.0 Å². The molecule has 0 spiro atoms. The fourth-order valence-corrected chi connectivity index (χ4v) is 6.79. The van der Waals surface area contributed by atoms with Gasteiger partial charge in [-0.2, -0.15) is 0 Å². The zero-order valence-corrected chi connectivity index (χ0v) is 15.1. The van der Waals surface area contributed by atoms with Crippen LogP contribution in [0.5, 0.6) is 0 Å². The first-order chi connectivity index (χ1) is 11.4. The lowest BCUT2D eigenvalue weighted by atomic mass is 10.1. The Balaban J connectivity index is 1.92. The van der Waals surface area contributed by atoms with E-state index in [9.17, 15) is 18.3 Å². The van der Waals surface area contributed by atoms with E-state index in [-0.39, 0.29) is 21.7 Å². The first kappa shape index (κ1) is 17.8. The molecule has 3 rings (SSSR count). The molecule has 2 aliphatic rings. The number of methoxy groups -OCH3 is 1. The molecule has 1 saturated carbocycles. The molecule has 1 aromatic rings. The highest BCUT2D eigenvalue weighted by Crippen LogP contribution is 2.35. The Labute approximate surface area is 145 Å². The van der Waals surface area contributed by atoms with Crippen molar-refractivity contribution in [2.75, 3.05) is 20.3 Å². The van der Waals surface area contributed by atoms with Gasteiger partial charge < -0.3 is 15.2 Å². The highest BCUT2D eigenvalue weighted by Gasteiger charge is 2.36. The van der Waals surface area contributed by atoms with Crippen molar-refractivity contribution < 1.29 is 23.1 Å². The number of hydrogen-bond donors (Lipinski definition) is 3. The fraction of sp³-hybridized carbons (Fsp3) is 0.667. The molecule has 1 aliphatic carbocycles. The van der Waals surface area contributed by atoms with Crippen molar-refractivity contribution in [2.45, 2.75) is 42.5 Å². The number of sulfonamides is 1. The first-order valence-electron chi connectivity index (χ1n) is 8.04. The average molecular weight is 374 g/mol. The van der Waals surface area contributed by atoms with Gasteiger partial charge >= 0.3 is 5.97 Å². The van der Waals surface area contributed by atoms with E-state index in [1.807, 2.05) is 0 Å². The van der Waals surface area contributed by atoms with E-state index >= 15 is 0 Å². The summed E-state index contributed by atoms with van der Waals surface area (Å²) in [6, 6.07) is -0.200. The molecule has 0 saturated heterocycles. The second-order valence-electron chi connectivity index (χ2n) is 6.27. The van der Waals surface area contributed by atoms with E-state index in [2.05, 4.69) is 10.0 Å². The van der Waals surface area contributed by atoms with Crippen LogP contribution in [0.15, 0.2) is 4.21 Å². The standard InChI is InChI=1S/C15H22N2O5S2/c1-22-8-9-3-2-4-11(9)17-24(20,21)15-13(14(18)19)10-5-6-16-7-12(10)23-15/h9,11,16-17H,2-8H2,1H3,(H,18,19)/t9-,11-/m1/s1. The Hall–Kier alpha value is -1.00. The molecule has 9 heteroatoms. The molecular weight excluding hydrogens is 352 g/mol. The topological polar surface area (TPSA) is 105 Å². The lowest BCUT2D eigenvalue weighted by molar-refractivity contribution is 0.0692. The minimum atomic E-state index is -3.86.